The van der Waals surface area contributed by atoms with E-state index in [1.165, 1.54) is 6.92 Å². The van der Waals surface area contributed by atoms with E-state index in [4.69, 9.17) is 0 Å². The molecule has 136 valence electrons. The average molecular weight is 366 g/mol. The van der Waals surface area contributed by atoms with Gasteiger partial charge in [-0.3, -0.25) is 9.59 Å². The van der Waals surface area contributed by atoms with E-state index in [0.717, 1.165) is 16.8 Å². The van der Waals surface area contributed by atoms with Crippen LogP contribution < -0.4 is 0 Å². The van der Waals surface area contributed by atoms with E-state index in [-0.39, 0.29) is 17.3 Å². The first kappa shape index (κ1) is 17.6. The number of benzene rings is 3. The summed E-state index contributed by atoms with van der Waals surface area (Å²) in [7, 11) is 0. The Morgan fingerprint density at radius 3 is 1.93 bits per heavy atom. The standard InChI is InChI=1S/C24H18N2O2/c1-17(27)23-22(16-26(25-23)21-10-6-3-7-11-21)24(28)20-14-12-19(13-15-20)18-8-4-2-5-9-18/h2-16H,1H3. The fraction of sp³-hybridized carbons (Fsp3) is 0.0417. The van der Waals surface area contributed by atoms with Crippen molar-refractivity contribution in [2.75, 3.05) is 0 Å². The zero-order valence-corrected chi connectivity index (χ0v) is 15.4. The normalized spacial score (nSPS) is 10.6. The fourth-order valence-electron chi connectivity index (χ4n) is 3.11. The van der Waals surface area contributed by atoms with Crippen molar-refractivity contribution in [2.45, 2.75) is 6.92 Å². The second-order valence-corrected chi connectivity index (χ2v) is 6.50. The maximum absolute atomic E-state index is 13.1. The van der Waals surface area contributed by atoms with Gasteiger partial charge in [-0.05, 0) is 23.3 Å². The molecule has 4 heteroatoms. The predicted octanol–water partition coefficient (Wildman–Crippen LogP) is 4.97. The van der Waals surface area contributed by atoms with Crippen LogP contribution in [0.1, 0.15) is 33.3 Å². The third-order valence-electron chi connectivity index (χ3n) is 4.57. The number of hydrogen-bond acceptors (Lipinski definition) is 3. The van der Waals surface area contributed by atoms with Crippen LogP contribution in [0, 0.1) is 0 Å². The van der Waals surface area contributed by atoms with Gasteiger partial charge in [0.25, 0.3) is 0 Å². The minimum Gasteiger partial charge on any atom is -0.293 e. The number of para-hydroxylation sites is 1. The molecule has 0 spiro atoms. The van der Waals surface area contributed by atoms with Crippen molar-refractivity contribution in [1.29, 1.82) is 0 Å². The summed E-state index contributed by atoms with van der Waals surface area (Å²) in [6.07, 6.45) is 1.62. The summed E-state index contributed by atoms with van der Waals surface area (Å²) in [5.74, 6) is -0.453. The van der Waals surface area contributed by atoms with Crippen LogP contribution in [0.2, 0.25) is 0 Å². The van der Waals surface area contributed by atoms with Gasteiger partial charge in [0.1, 0.15) is 5.69 Å². The molecule has 0 aliphatic rings. The molecule has 4 aromatic rings. The van der Waals surface area contributed by atoms with Crippen LogP contribution >= 0.6 is 0 Å². The Morgan fingerprint density at radius 2 is 1.32 bits per heavy atom. The average Bonchev–Trinajstić information content (AvgIpc) is 3.20. The molecule has 0 saturated carbocycles. The molecule has 28 heavy (non-hydrogen) atoms. The van der Waals surface area contributed by atoms with E-state index in [0.29, 0.717) is 11.1 Å². The summed E-state index contributed by atoms with van der Waals surface area (Å²) in [4.78, 5) is 25.1. The lowest BCUT2D eigenvalue weighted by Gasteiger charge is -2.04. The molecule has 0 unspecified atom stereocenters. The summed E-state index contributed by atoms with van der Waals surface area (Å²) in [6.45, 7) is 1.42. The molecule has 1 heterocycles. The molecule has 4 rings (SSSR count). The quantitative estimate of drug-likeness (QED) is 0.469. The Kier molecular flexibility index (Phi) is 4.68. The SMILES string of the molecule is CC(=O)c1nn(-c2ccccc2)cc1C(=O)c1ccc(-c2ccccc2)cc1. The summed E-state index contributed by atoms with van der Waals surface area (Å²) < 4.78 is 1.57. The molecule has 0 atom stereocenters. The van der Waals surface area contributed by atoms with Gasteiger partial charge in [0.2, 0.25) is 0 Å². The van der Waals surface area contributed by atoms with Crippen LogP contribution in [-0.4, -0.2) is 21.3 Å². The Morgan fingerprint density at radius 1 is 0.750 bits per heavy atom. The number of nitrogens with zero attached hydrogens (tertiary/aromatic N) is 2. The van der Waals surface area contributed by atoms with Crippen molar-refractivity contribution in [3.8, 4) is 16.8 Å². The van der Waals surface area contributed by atoms with Gasteiger partial charge in [0.15, 0.2) is 11.6 Å². The molecule has 1 aromatic heterocycles. The van der Waals surface area contributed by atoms with Crippen LogP contribution in [0.5, 0.6) is 0 Å². The van der Waals surface area contributed by atoms with Crippen molar-refractivity contribution in [1.82, 2.24) is 9.78 Å². The van der Waals surface area contributed by atoms with Gasteiger partial charge >= 0.3 is 0 Å². The van der Waals surface area contributed by atoms with Gasteiger partial charge in [0.05, 0.1) is 11.3 Å². The first-order valence-electron chi connectivity index (χ1n) is 9.00. The number of rotatable bonds is 5. The zero-order valence-electron chi connectivity index (χ0n) is 15.4. The molecule has 0 aliphatic heterocycles. The van der Waals surface area contributed by atoms with Crippen LogP contribution in [-0.2, 0) is 0 Å². The largest absolute Gasteiger partial charge is 0.293 e. The van der Waals surface area contributed by atoms with Crippen LogP contribution in [0.25, 0.3) is 16.8 Å². The second-order valence-electron chi connectivity index (χ2n) is 6.50. The summed E-state index contributed by atoms with van der Waals surface area (Å²) in [5.41, 5.74) is 3.93. The summed E-state index contributed by atoms with van der Waals surface area (Å²) in [5, 5.41) is 4.34. The van der Waals surface area contributed by atoms with E-state index >= 15 is 0 Å². The monoisotopic (exact) mass is 366 g/mol. The summed E-state index contributed by atoms with van der Waals surface area (Å²) >= 11 is 0. The number of aromatic nitrogens is 2. The number of Topliss-reactive ketones (excluding diaryl/α,β-unsaturated/α-hetero) is 1. The van der Waals surface area contributed by atoms with Crippen LogP contribution in [0.3, 0.4) is 0 Å². The predicted molar refractivity (Wildman–Crippen MR) is 109 cm³/mol. The minimum atomic E-state index is -0.237. The number of carbonyl (C=O) groups is 2. The van der Waals surface area contributed by atoms with E-state index in [2.05, 4.69) is 5.10 Å². The number of hydrogen-bond donors (Lipinski definition) is 0. The van der Waals surface area contributed by atoms with Crippen LogP contribution in [0.15, 0.2) is 91.1 Å². The highest BCUT2D eigenvalue weighted by Gasteiger charge is 2.21. The molecular weight excluding hydrogens is 348 g/mol. The van der Waals surface area contributed by atoms with Crippen molar-refractivity contribution < 1.29 is 9.59 Å². The van der Waals surface area contributed by atoms with Gasteiger partial charge in [-0.1, -0.05) is 72.8 Å². The third kappa shape index (κ3) is 3.40. The Balaban J connectivity index is 1.69. The molecule has 4 nitrogen and oxygen atoms in total. The van der Waals surface area contributed by atoms with Gasteiger partial charge in [-0.2, -0.15) is 5.10 Å². The Hall–Kier alpha value is -3.79. The Bertz CT molecular complexity index is 1130. The molecule has 0 N–H and O–H groups in total. The molecular formula is C24H18N2O2. The Labute approximate surface area is 163 Å². The first-order chi connectivity index (χ1) is 13.6. The molecule has 0 fully saturated rings. The lowest BCUT2D eigenvalue weighted by atomic mass is 9.99. The number of carbonyl (C=O) groups excluding carboxylic acids is 2. The van der Waals surface area contributed by atoms with Crippen molar-refractivity contribution in [2.24, 2.45) is 0 Å². The lowest BCUT2D eigenvalue weighted by molar-refractivity contribution is 0.0987. The fourth-order valence-corrected chi connectivity index (χ4v) is 3.11. The first-order valence-corrected chi connectivity index (χ1v) is 9.00. The highest BCUT2D eigenvalue weighted by molar-refractivity contribution is 6.14. The summed E-state index contributed by atoms with van der Waals surface area (Å²) in [6, 6.07) is 26.8. The highest BCUT2D eigenvalue weighted by atomic mass is 16.1. The van der Waals surface area contributed by atoms with Gasteiger partial charge in [-0.15, -0.1) is 0 Å². The smallest absolute Gasteiger partial charge is 0.196 e. The second kappa shape index (κ2) is 7.45. The minimum absolute atomic E-state index is 0.181. The van der Waals surface area contributed by atoms with E-state index in [9.17, 15) is 9.59 Å². The van der Waals surface area contributed by atoms with Crippen molar-refractivity contribution in [3.05, 3.63) is 108 Å². The lowest BCUT2D eigenvalue weighted by Crippen LogP contribution is -2.06. The molecule has 0 bridgehead atoms. The topological polar surface area (TPSA) is 52.0 Å². The van der Waals surface area contributed by atoms with Gasteiger partial charge < -0.3 is 0 Å². The number of ketones is 2. The van der Waals surface area contributed by atoms with Crippen molar-refractivity contribution >= 4 is 11.6 Å². The maximum Gasteiger partial charge on any atom is 0.196 e. The highest BCUT2D eigenvalue weighted by Crippen LogP contribution is 2.22. The zero-order chi connectivity index (χ0) is 19.5. The van der Waals surface area contributed by atoms with E-state index < -0.39 is 0 Å². The third-order valence-corrected chi connectivity index (χ3v) is 4.57. The van der Waals surface area contributed by atoms with E-state index in [1.807, 2.05) is 72.8 Å². The van der Waals surface area contributed by atoms with Crippen molar-refractivity contribution in [3.63, 3.8) is 0 Å². The molecule has 0 amide bonds. The van der Waals surface area contributed by atoms with Gasteiger partial charge in [-0.25, -0.2) is 4.68 Å². The van der Waals surface area contributed by atoms with E-state index in [1.54, 1.807) is 23.0 Å². The maximum atomic E-state index is 13.1. The molecule has 0 radical (unpaired) electrons. The molecule has 3 aromatic carbocycles. The van der Waals surface area contributed by atoms with Crippen LogP contribution in [0.4, 0.5) is 0 Å². The van der Waals surface area contributed by atoms with Gasteiger partial charge in [0, 0.05) is 18.7 Å². The molecule has 0 saturated heterocycles. The molecule has 0 aliphatic carbocycles.